The molecule has 1 aliphatic rings. The normalized spacial score (nSPS) is 15.2. The summed E-state index contributed by atoms with van der Waals surface area (Å²) in [5, 5.41) is 2.51. The molecule has 1 aromatic carbocycles. The van der Waals surface area contributed by atoms with Gasteiger partial charge in [-0.1, -0.05) is 30.3 Å². The monoisotopic (exact) mass is 250 g/mol. The molecule has 1 heterocycles. The van der Waals surface area contributed by atoms with Crippen molar-refractivity contribution in [2.24, 2.45) is 0 Å². The van der Waals surface area contributed by atoms with E-state index in [-0.39, 0.29) is 18.5 Å². The lowest BCUT2D eigenvalue weighted by Gasteiger charge is -2.11. The van der Waals surface area contributed by atoms with Gasteiger partial charge in [-0.05, 0) is 5.56 Å². The van der Waals surface area contributed by atoms with Gasteiger partial charge in [0, 0.05) is 18.1 Å². The topological polar surface area (TPSA) is 49.4 Å². The van der Waals surface area contributed by atoms with E-state index in [0.717, 1.165) is 11.5 Å². The first-order valence-electron chi connectivity index (χ1n) is 5.47. The fourth-order valence-corrected chi connectivity index (χ4v) is 2.49. The van der Waals surface area contributed by atoms with Crippen LogP contribution in [0.1, 0.15) is 5.56 Å². The van der Waals surface area contributed by atoms with Gasteiger partial charge in [0.05, 0.1) is 6.54 Å². The van der Waals surface area contributed by atoms with E-state index in [0.29, 0.717) is 6.54 Å². The van der Waals surface area contributed by atoms with E-state index in [2.05, 4.69) is 17.4 Å². The maximum atomic E-state index is 11.3. The Balaban J connectivity index is 1.70. The number of rotatable bonds is 5. The molecule has 5 heteroatoms. The van der Waals surface area contributed by atoms with E-state index in [9.17, 15) is 9.59 Å². The fraction of sp³-hybridized carbons (Fsp3) is 0.333. The first kappa shape index (κ1) is 12.0. The molecular formula is C12H14N2O2S. The van der Waals surface area contributed by atoms with E-state index in [1.54, 1.807) is 11.8 Å². The van der Waals surface area contributed by atoms with Crippen molar-refractivity contribution < 1.29 is 9.59 Å². The number of benzene rings is 1. The van der Waals surface area contributed by atoms with Crippen LogP contribution in [0.5, 0.6) is 0 Å². The highest BCUT2D eigenvalue weighted by Crippen LogP contribution is 2.12. The summed E-state index contributed by atoms with van der Waals surface area (Å²) in [5.74, 6) is 1.55. The van der Waals surface area contributed by atoms with Crippen molar-refractivity contribution in [2.45, 2.75) is 5.75 Å². The zero-order valence-corrected chi connectivity index (χ0v) is 10.2. The number of hydrogen-bond donors (Lipinski definition) is 1. The van der Waals surface area contributed by atoms with Crippen LogP contribution in [0.4, 0.5) is 4.79 Å². The number of carbonyl (C=O) groups excluding carboxylic acids is 2. The Morgan fingerprint density at radius 2 is 2.00 bits per heavy atom. The molecule has 0 aliphatic carbocycles. The minimum absolute atomic E-state index is 0.129. The summed E-state index contributed by atoms with van der Waals surface area (Å²) in [5.41, 5.74) is 1.26. The van der Waals surface area contributed by atoms with Crippen LogP contribution in [-0.2, 0) is 10.5 Å². The van der Waals surface area contributed by atoms with Crippen LogP contribution in [0.25, 0.3) is 0 Å². The maximum absolute atomic E-state index is 11.3. The highest BCUT2D eigenvalue weighted by Gasteiger charge is 2.27. The van der Waals surface area contributed by atoms with Crippen LogP contribution in [-0.4, -0.2) is 35.7 Å². The summed E-state index contributed by atoms with van der Waals surface area (Å²) in [6.45, 7) is 0.629. The Hall–Kier alpha value is -1.49. The number of nitrogens with one attached hydrogen (secondary N) is 1. The summed E-state index contributed by atoms with van der Waals surface area (Å²) in [7, 11) is 0. The van der Waals surface area contributed by atoms with Gasteiger partial charge in [-0.15, -0.1) is 0 Å². The second-order valence-corrected chi connectivity index (χ2v) is 4.85. The number of amides is 3. The molecule has 17 heavy (non-hydrogen) atoms. The number of imide groups is 1. The predicted molar refractivity (Wildman–Crippen MR) is 67.7 cm³/mol. The van der Waals surface area contributed by atoms with Gasteiger partial charge in [0.15, 0.2) is 0 Å². The molecule has 1 fully saturated rings. The van der Waals surface area contributed by atoms with Crippen molar-refractivity contribution in [3.63, 3.8) is 0 Å². The predicted octanol–water partition coefficient (Wildman–Crippen LogP) is 1.47. The number of thioether (sulfide) groups is 1. The molecule has 0 saturated carbocycles. The average Bonchev–Trinajstić information content (AvgIpc) is 2.67. The zero-order valence-electron chi connectivity index (χ0n) is 9.39. The van der Waals surface area contributed by atoms with E-state index in [1.165, 1.54) is 10.5 Å². The molecule has 1 N–H and O–H groups in total. The molecule has 0 spiro atoms. The average molecular weight is 250 g/mol. The highest BCUT2D eigenvalue weighted by molar-refractivity contribution is 7.98. The van der Waals surface area contributed by atoms with Crippen molar-refractivity contribution in [1.29, 1.82) is 0 Å². The van der Waals surface area contributed by atoms with E-state index in [1.807, 2.05) is 18.2 Å². The van der Waals surface area contributed by atoms with E-state index in [4.69, 9.17) is 0 Å². The number of nitrogens with zero attached hydrogens (tertiary/aromatic N) is 1. The summed E-state index contributed by atoms with van der Waals surface area (Å²) < 4.78 is 0. The summed E-state index contributed by atoms with van der Waals surface area (Å²) in [6, 6.07) is 9.87. The largest absolute Gasteiger partial charge is 0.329 e. The van der Waals surface area contributed by atoms with Crippen LogP contribution in [0.3, 0.4) is 0 Å². The van der Waals surface area contributed by atoms with Gasteiger partial charge >= 0.3 is 6.03 Å². The number of urea groups is 1. The van der Waals surface area contributed by atoms with E-state index < -0.39 is 0 Å². The van der Waals surface area contributed by atoms with Crippen molar-refractivity contribution >= 4 is 23.7 Å². The minimum Gasteiger partial charge on any atom is -0.329 e. The van der Waals surface area contributed by atoms with Crippen molar-refractivity contribution in [3.05, 3.63) is 35.9 Å². The molecule has 3 amide bonds. The lowest BCUT2D eigenvalue weighted by atomic mass is 10.2. The highest BCUT2D eigenvalue weighted by atomic mass is 32.2. The minimum atomic E-state index is -0.268. The van der Waals surface area contributed by atoms with Crippen LogP contribution in [0, 0.1) is 0 Å². The van der Waals surface area contributed by atoms with Gasteiger partial charge in [0.25, 0.3) is 0 Å². The maximum Gasteiger partial charge on any atom is 0.324 e. The first-order chi connectivity index (χ1) is 8.27. The second kappa shape index (κ2) is 5.72. The third-order valence-corrected chi connectivity index (χ3v) is 3.52. The Morgan fingerprint density at radius 3 is 2.65 bits per heavy atom. The quantitative estimate of drug-likeness (QED) is 0.636. The van der Waals surface area contributed by atoms with Crippen LogP contribution >= 0.6 is 11.8 Å². The Kier molecular flexibility index (Phi) is 4.03. The third kappa shape index (κ3) is 3.23. The third-order valence-electron chi connectivity index (χ3n) is 2.51. The van der Waals surface area contributed by atoms with Crippen LogP contribution < -0.4 is 5.32 Å². The van der Waals surface area contributed by atoms with Gasteiger partial charge in [0.1, 0.15) is 0 Å². The molecule has 1 aliphatic heterocycles. The molecule has 0 atom stereocenters. The zero-order chi connectivity index (χ0) is 12.1. The lowest BCUT2D eigenvalue weighted by Crippen LogP contribution is -2.32. The molecule has 2 rings (SSSR count). The molecule has 0 aromatic heterocycles. The van der Waals surface area contributed by atoms with Gasteiger partial charge in [0.2, 0.25) is 5.91 Å². The lowest BCUT2D eigenvalue weighted by molar-refractivity contribution is -0.124. The van der Waals surface area contributed by atoms with Crippen molar-refractivity contribution in [2.75, 3.05) is 18.8 Å². The SMILES string of the molecule is O=C1CNC(=O)N1CCSCc1ccccc1. The Labute approximate surface area is 104 Å². The number of hydrogen-bond acceptors (Lipinski definition) is 3. The molecule has 1 saturated heterocycles. The van der Waals surface area contributed by atoms with Gasteiger partial charge in [-0.25, -0.2) is 4.79 Å². The van der Waals surface area contributed by atoms with Gasteiger partial charge in [-0.2, -0.15) is 11.8 Å². The standard InChI is InChI=1S/C12H14N2O2S/c15-11-8-13-12(16)14(11)6-7-17-9-10-4-2-1-3-5-10/h1-5H,6-9H2,(H,13,16). The molecule has 0 bridgehead atoms. The fourth-order valence-electron chi connectivity index (χ4n) is 1.60. The Morgan fingerprint density at radius 1 is 1.24 bits per heavy atom. The Bertz CT molecular complexity index is 392. The summed E-state index contributed by atoms with van der Waals surface area (Å²) >= 11 is 1.72. The van der Waals surface area contributed by atoms with Crippen LogP contribution in [0.2, 0.25) is 0 Å². The molecule has 1 aromatic rings. The summed E-state index contributed by atoms with van der Waals surface area (Å²) in [6.07, 6.45) is 0. The molecule has 0 unspecified atom stereocenters. The molecule has 4 nitrogen and oxygen atoms in total. The molecule has 90 valence electrons. The van der Waals surface area contributed by atoms with Crippen LogP contribution in [0.15, 0.2) is 30.3 Å². The second-order valence-electron chi connectivity index (χ2n) is 3.74. The number of carbonyl (C=O) groups is 2. The molecule has 0 radical (unpaired) electrons. The first-order valence-corrected chi connectivity index (χ1v) is 6.63. The van der Waals surface area contributed by atoms with Crippen molar-refractivity contribution in [1.82, 2.24) is 10.2 Å². The van der Waals surface area contributed by atoms with Gasteiger partial charge < -0.3 is 5.32 Å². The molecular weight excluding hydrogens is 236 g/mol. The van der Waals surface area contributed by atoms with Gasteiger partial charge in [-0.3, -0.25) is 9.69 Å². The van der Waals surface area contributed by atoms with E-state index >= 15 is 0 Å². The smallest absolute Gasteiger partial charge is 0.324 e. The van der Waals surface area contributed by atoms with Crippen molar-refractivity contribution in [3.8, 4) is 0 Å². The summed E-state index contributed by atoms with van der Waals surface area (Å²) in [4.78, 5) is 23.8.